The summed E-state index contributed by atoms with van der Waals surface area (Å²) in [5, 5.41) is 9.29. The maximum absolute atomic E-state index is 14.3. The van der Waals surface area contributed by atoms with Crippen LogP contribution < -0.4 is 4.74 Å². The SMILES string of the molecule is Cc1nnc(SCc2cc(F)cc3c2O[C@@H](c2ccccc2)OC3)n1-c1ccccc1. The summed E-state index contributed by atoms with van der Waals surface area (Å²) in [6.45, 7) is 2.21. The van der Waals surface area contributed by atoms with Gasteiger partial charge in [0.25, 0.3) is 0 Å². The second-order valence-electron chi connectivity index (χ2n) is 7.21. The number of ether oxygens (including phenoxy) is 2. The predicted molar refractivity (Wildman–Crippen MR) is 117 cm³/mol. The Bertz CT molecular complexity index is 1200. The maximum Gasteiger partial charge on any atom is 0.227 e. The van der Waals surface area contributed by atoms with Crippen molar-refractivity contribution in [2.75, 3.05) is 0 Å². The second kappa shape index (κ2) is 8.53. The lowest BCUT2D eigenvalue weighted by molar-refractivity contribution is -0.112. The van der Waals surface area contributed by atoms with Crippen molar-refractivity contribution in [1.29, 1.82) is 0 Å². The van der Waals surface area contributed by atoms with Gasteiger partial charge in [-0.2, -0.15) is 0 Å². The van der Waals surface area contributed by atoms with Crippen molar-refractivity contribution >= 4 is 11.8 Å². The number of rotatable bonds is 5. The minimum Gasteiger partial charge on any atom is -0.460 e. The van der Waals surface area contributed by atoms with Gasteiger partial charge in [-0.1, -0.05) is 60.3 Å². The third kappa shape index (κ3) is 4.06. The lowest BCUT2D eigenvalue weighted by atomic mass is 10.1. The first-order valence-corrected chi connectivity index (χ1v) is 10.9. The number of hydrogen-bond acceptors (Lipinski definition) is 5. The Hall–Kier alpha value is -3.16. The van der Waals surface area contributed by atoms with Gasteiger partial charge in [0.1, 0.15) is 17.4 Å². The molecular formula is C24H20FN3O2S. The molecule has 0 radical (unpaired) electrons. The second-order valence-corrected chi connectivity index (χ2v) is 8.16. The summed E-state index contributed by atoms with van der Waals surface area (Å²) in [7, 11) is 0. The highest BCUT2D eigenvalue weighted by atomic mass is 32.2. The van der Waals surface area contributed by atoms with Crippen LogP contribution in [0.2, 0.25) is 0 Å². The smallest absolute Gasteiger partial charge is 0.227 e. The van der Waals surface area contributed by atoms with Gasteiger partial charge in [0.05, 0.1) is 6.61 Å². The number of halogens is 1. The average molecular weight is 434 g/mol. The van der Waals surface area contributed by atoms with Gasteiger partial charge < -0.3 is 9.47 Å². The molecule has 0 bridgehead atoms. The number of nitrogens with zero attached hydrogens (tertiary/aromatic N) is 3. The maximum atomic E-state index is 14.3. The van der Waals surface area contributed by atoms with Crippen molar-refractivity contribution in [3.63, 3.8) is 0 Å². The normalized spacial score (nSPS) is 15.4. The summed E-state index contributed by atoms with van der Waals surface area (Å²) < 4.78 is 28.3. The zero-order valence-corrected chi connectivity index (χ0v) is 17.7. The van der Waals surface area contributed by atoms with Gasteiger partial charge in [-0.25, -0.2) is 4.39 Å². The Morgan fingerprint density at radius 1 is 1.03 bits per heavy atom. The molecule has 1 aromatic heterocycles. The Balaban J connectivity index is 1.42. The summed E-state index contributed by atoms with van der Waals surface area (Å²) in [4.78, 5) is 0. The summed E-state index contributed by atoms with van der Waals surface area (Å²) in [6.07, 6.45) is -0.516. The molecule has 0 amide bonds. The largest absolute Gasteiger partial charge is 0.460 e. The molecule has 0 spiro atoms. The minimum atomic E-state index is -0.516. The fraction of sp³-hybridized carbons (Fsp3) is 0.167. The van der Waals surface area contributed by atoms with Gasteiger partial charge in [-0.05, 0) is 31.2 Å². The lowest BCUT2D eigenvalue weighted by Crippen LogP contribution is -2.19. The molecule has 4 aromatic rings. The van der Waals surface area contributed by atoms with Crippen molar-refractivity contribution in [3.8, 4) is 11.4 Å². The van der Waals surface area contributed by atoms with E-state index < -0.39 is 6.29 Å². The van der Waals surface area contributed by atoms with E-state index in [0.29, 0.717) is 23.7 Å². The van der Waals surface area contributed by atoms with E-state index in [0.717, 1.165) is 27.8 Å². The molecule has 1 aliphatic rings. The molecule has 0 N–H and O–H groups in total. The summed E-state index contributed by atoms with van der Waals surface area (Å²) in [6, 6.07) is 22.7. The molecule has 0 saturated heterocycles. The van der Waals surface area contributed by atoms with E-state index in [1.807, 2.05) is 72.2 Å². The van der Waals surface area contributed by atoms with Crippen molar-refractivity contribution in [1.82, 2.24) is 14.8 Å². The Morgan fingerprint density at radius 3 is 2.55 bits per heavy atom. The first-order valence-electron chi connectivity index (χ1n) is 9.94. The van der Waals surface area contributed by atoms with Gasteiger partial charge in [0.2, 0.25) is 6.29 Å². The molecular weight excluding hydrogens is 413 g/mol. The molecule has 31 heavy (non-hydrogen) atoms. The standard InChI is InChI=1S/C24H20FN3O2S/c1-16-26-27-24(28(16)21-10-6-3-7-11-21)31-15-19-13-20(25)12-18-14-29-23(30-22(18)19)17-8-4-2-5-9-17/h2-13,23H,14-15H2,1H3/t23-/m0/s1. The van der Waals surface area contributed by atoms with Gasteiger partial charge >= 0.3 is 0 Å². The van der Waals surface area contributed by atoms with E-state index in [4.69, 9.17) is 9.47 Å². The summed E-state index contributed by atoms with van der Waals surface area (Å²) >= 11 is 1.50. The number of benzene rings is 3. The summed E-state index contributed by atoms with van der Waals surface area (Å²) in [5.41, 5.74) is 3.39. The predicted octanol–water partition coefficient (Wildman–Crippen LogP) is 5.61. The quantitative estimate of drug-likeness (QED) is 0.383. The van der Waals surface area contributed by atoms with E-state index in [2.05, 4.69) is 10.2 Å². The minimum absolute atomic E-state index is 0.295. The molecule has 156 valence electrons. The van der Waals surface area contributed by atoms with Crippen molar-refractivity contribution in [2.45, 2.75) is 30.7 Å². The number of para-hydroxylation sites is 1. The zero-order valence-electron chi connectivity index (χ0n) is 16.9. The van der Waals surface area contributed by atoms with E-state index in [9.17, 15) is 4.39 Å². The van der Waals surface area contributed by atoms with Crippen molar-refractivity contribution < 1.29 is 13.9 Å². The number of hydrogen-bond donors (Lipinski definition) is 0. The molecule has 0 saturated carbocycles. The van der Waals surface area contributed by atoms with Crippen LogP contribution in [0, 0.1) is 12.7 Å². The fourth-order valence-corrected chi connectivity index (χ4v) is 4.58. The van der Waals surface area contributed by atoms with Crippen LogP contribution in [-0.4, -0.2) is 14.8 Å². The Labute approximate surface area is 183 Å². The van der Waals surface area contributed by atoms with Crippen LogP contribution in [0.4, 0.5) is 4.39 Å². The number of aromatic nitrogens is 3. The number of fused-ring (bicyclic) bond motifs is 1. The molecule has 5 nitrogen and oxygen atoms in total. The fourth-order valence-electron chi connectivity index (χ4n) is 3.61. The highest BCUT2D eigenvalue weighted by Crippen LogP contribution is 2.39. The van der Waals surface area contributed by atoms with E-state index in [1.54, 1.807) is 0 Å². The molecule has 0 unspecified atom stereocenters. The van der Waals surface area contributed by atoms with Crippen LogP contribution >= 0.6 is 11.8 Å². The topological polar surface area (TPSA) is 49.2 Å². The molecule has 1 atom stereocenters. The van der Waals surface area contributed by atoms with E-state index >= 15 is 0 Å². The van der Waals surface area contributed by atoms with Gasteiger partial charge in [0.15, 0.2) is 5.16 Å². The molecule has 5 rings (SSSR count). The van der Waals surface area contributed by atoms with Crippen molar-refractivity contribution in [3.05, 3.63) is 101 Å². The van der Waals surface area contributed by atoms with Crippen LogP contribution in [-0.2, 0) is 17.1 Å². The zero-order chi connectivity index (χ0) is 21.2. The van der Waals surface area contributed by atoms with Crippen LogP contribution in [0.3, 0.4) is 0 Å². The van der Waals surface area contributed by atoms with Gasteiger partial charge in [-0.15, -0.1) is 10.2 Å². The lowest BCUT2D eigenvalue weighted by Gasteiger charge is -2.28. The van der Waals surface area contributed by atoms with E-state index in [-0.39, 0.29) is 5.82 Å². The average Bonchev–Trinajstić information content (AvgIpc) is 3.18. The van der Waals surface area contributed by atoms with Crippen LogP contribution in [0.5, 0.6) is 5.75 Å². The summed E-state index contributed by atoms with van der Waals surface area (Å²) in [5.74, 6) is 1.66. The van der Waals surface area contributed by atoms with Crippen LogP contribution in [0.25, 0.3) is 5.69 Å². The van der Waals surface area contributed by atoms with E-state index in [1.165, 1.54) is 23.9 Å². The first kappa shape index (κ1) is 19.8. The third-order valence-corrected chi connectivity index (χ3v) is 6.04. The first-order chi connectivity index (χ1) is 15.2. The molecule has 2 heterocycles. The van der Waals surface area contributed by atoms with Gasteiger partial charge in [0, 0.05) is 28.1 Å². The van der Waals surface area contributed by atoms with Crippen LogP contribution in [0.1, 0.15) is 28.8 Å². The monoisotopic (exact) mass is 433 g/mol. The van der Waals surface area contributed by atoms with Gasteiger partial charge in [-0.3, -0.25) is 4.57 Å². The Kier molecular flexibility index (Phi) is 5.44. The molecule has 0 aliphatic carbocycles. The molecule has 0 fully saturated rings. The highest BCUT2D eigenvalue weighted by Gasteiger charge is 2.25. The molecule has 7 heteroatoms. The van der Waals surface area contributed by atoms with Crippen LogP contribution in [0.15, 0.2) is 78.0 Å². The Morgan fingerprint density at radius 2 is 1.77 bits per heavy atom. The molecule has 3 aromatic carbocycles. The molecule has 1 aliphatic heterocycles. The highest BCUT2D eigenvalue weighted by molar-refractivity contribution is 7.98. The third-order valence-electron chi connectivity index (χ3n) is 5.06. The number of aryl methyl sites for hydroxylation is 1. The van der Waals surface area contributed by atoms with Crippen molar-refractivity contribution in [2.24, 2.45) is 0 Å². The number of thioether (sulfide) groups is 1.